The normalized spacial score (nSPS) is 14.1. The number of aromatic nitrogens is 2. The van der Waals surface area contributed by atoms with Crippen LogP contribution in [-0.2, 0) is 5.75 Å². The summed E-state index contributed by atoms with van der Waals surface area (Å²) < 4.78 is 16.5. The maximum atomic E-state index is 12.9. The summed E-state index contributed by atoms with van der Waals surface area (Å²) in [5.41, 5.74) is 4.14. The molecule has 0 bridgehead atoms. The predicted molar refractivity (Wildman–Crippen MR) is 126 cm³/mol. The molecule has 0 radical (unpaired) electrons. The van der Waals surface area contributed by atoms with E-state index in [1.165, 1.54) is 18.0 Å². The van der Waals surface area contributed by atoms with E-state index in [-0.39, 0.29) is 5.91 Å². The van der Waals surface area contributed by atoms with E-state index in [2.05, 4.69) is 14.9 Å². The molecule has 3 heterocycles. The quantitative estimate of drug-likeness (QED) is 0.389. The van der Waals surface area contributed by atoms with Crippen molar-refractivity contribution < 1.29 is 18.4 Å². The number of amides is 1. The number of para-hydroxylation sites is 1. The molecule has 2 aromatic carbocycles. The monoisotopic (exact) mass is 464 g/mol. The molecule has 8 nitrogen and oxygen atoms in total. The van der Waals surface area contributed by atoms with E-state index in [0.717, 1.165) is 41.2 Å². The first-order valence-corrected chi connectivity index (χ1v) is 11.7. The molecular formula is C24H24N4O4S. The average Bonchev–Trinajstić information content (AvgIpc) is 3.50. The molecule has 33 heavy (non-hydrogen) atoms. The summed E-state index contributed by atoms with van der Waals surface area (Å²) in [7, 11) is 1.66. The Morgan fingerprint density at radius 2 is 1.88 bits per heavy atom. The number of carbonyl (C=O) groups is 1. The highest BCUT2D eigenvalue weighted by Gasteiger charge is 2.25. The van der Waals surface area contributed by atoms with E-state index in [0.29, 0.717) is 35.6 Å². The van der Waals surface area contributed by atoms with Gasteiger partial charge in [0.1, 0.15) is 17.5 Å². The third kappa shape index (κ3) is 4.54. The van der Waals surface area contributed by atoms with Gasteiger partial charge in [-0.15, -0.1) is 0 Å². The van der Waals surface area contributed by atoms with Crippen molar-refractivity contribution in [2.75, 3.05) is 38.2 Å². The van der Waals surface area contributed by atoms with Crippen LogP contribution in [0.2, 0.25) is 0 Å². The largest absolute Gasteiger partial charge is 0.497 e. The molecule has 9 heteroatoms. The standard InChI is InChI=1S/C24H24N4O4S/c1-16-4-3-5-20-22(16)26-24(32-20)33-15-21-25-19(14-31-21)23(29)28-12-10-27(11-13-28)17-6-8-18(30-2)9-7-17/h3-9,14H,10-13,15H2,1-2H3. The zero-order valence-electron chi connectivity index (χ0n) is 18.5. The van der Waals surface area contributed by atoms with E-state index in [9.17, 15) is 4.79 Å². The Balaban J connectivity index is 1.16. The van der Waals surface area contributed by atoms with Crippen molar-refractivity contribution in [2.45, 2.75) is 17.9 Å². The Morgan fingerprint density at radius 3 is 2.61 bits per heavy atom. The van der Waals surface area contributed by atoms with Crippen LogP contribution in [0, 0.1) is 6.92 Å². The summed E-state index contributed by atoms with van der Waals surface area (Å²) in [6.07, 6.45) is 1.43. The van der Waals surface area contributed by atoms with Crippen LogP contribution in [0.4, 0.5) is 5.69 Å². The van der Waals surface area contributed by atoms with Crippen LogP contribution in [-0.4, -0.2) is 54.1 Å². The van der Waals surface area contributed by atoms with E-state index >= 15 is 0 Å². The third-order valence-corrected chi connectivity index (χ3v) is 6.51. The molecular weight excluding hydrogens is 440 g/mol. The van der Waals surface area contributed by atoms with Crippen LogP contribution < -0.4 is 9.64 Å². The number of oxazole rings is 2. The Bertz CT molecular complexity index is 1260. The molecule has 0 spiro atoms. The fourth-order valence-electron chi connectivity index (χ4n) is 3.85. The molecule has 1 saturated heterocycles. The summed E-state index contributed by atoms with van der Waals surface area (Å²) in [4.78, 5) is 25.9. The zero-order valence-corrected chi connectivity index (χ0v) is 19.3. The van der Waals surface area contributed by atoms with Crippen LogP contribution >= 0.6 is 11.8 Å². The van der Waals surface area contributed by atoms with E-state index in [1.54, 1.807) is 7.11 Å². The molecule has 1 aliphatic heterocycles. The molecule has 1 fully saturated rings. The van der Waals surface area contributed by atoms with Gasteiger partial charge in [-0.25, -0.2) is 9.97 Å². The first-order chi connectivity index (χ1) is 16.1. The molecule has 1 amide bonds. The van der Waals surface area contributed by atoms with Crippen molar-refractivity contribution in [2.24, 2.45) is 0 Å². The second-order valence-corrected chi connectivity index (χ2v) is 8.72. The lowest BCUT2D eigenvalue weighted by Gasteiger charge is -2.35. The van der Waals surface area contributed by atoms with Crippen LogP contribution in [0.3, 0.4) is 0 Å². The van der Waals surface area contributed by atoms with E-state index in [1.807, 2.05) is 54.3 Å². The van der Waals surface area contributed by atoms with Gasteiger partial charge in [-0.3, -0.25) is 4.79 Å². The van der Waals surface area contributed by atoms with Gasteiger partial charge < -0.3 is 23.4 Å². The number of benzene rings is 2. The van der Waals surface area contributed by atoms with Crippen molar-refractivity contribution >= 4 is 34.5 Å². The number of carbonyl (C=O) groups excluding carboxylic acids is 1. The summed E-state index contributed by atoms with van der Waals surface area (Å²) in [6.45, 7) is 4.78. The Kier molecular flexibility index (Phi) is 5.95. The third-order valence-electron chi connectivity index (χ3n) is 5.70. The van der Waals surface area contributed by atoms with Gasteiger partial charge in [0.05, 0.1) is 12.9 Å². The van der Waals surface area contributed by atoms with Crippen LogP contribution in [0.1, 0.15) is 21.9 Å². The average molecular weight is 465 g/mol. The van der Waals surface area contributed by atoms with Crippen LogP contribution in [0.15, 0.2) is 62.8 Å². The minimum absolute atomic E-state index is 0.109. The first kappa shape index (κ1) is 21.4. The molecule has 0 unspecified atom stereocenters. The number of ether oxygens (including phenoxy) is 1. The summed E-state index contributed by atoms with van der Waals surface area (Å²) in [5, 5.41) is 0.556. The van der Waals surface area contributed by atoms with E-state index in [4.69, 9.17) is 13.6 Å². The summed E-state index contributed by atoms with van der Waals surface area (Å²) in [5.74, 6) is 1.63. The lowest BCUT2D eigenvalue weighted by molar-refractivity contribution is 0.0741. The highest BCUT2D eigenvalue weighted by molar-refractivity contribution is 7.98. The van der Waals surface area contributed by atoms with Crippen LogP contribution in [0.25, 0.3) is 11.1 Å². The van der Waals surface area contributed by atoms with Gasteiger partial charge >= 0.3 is 0 Å². The molecule has 1 aliphatic rings. The highest BCUT2D eigenvalue weighted by atomic mass is 32.2. The van der Waals surface area contributed by atoms with Crippen molar-refractivity contribution in [3.05, 3.63) is 65.9 Å². The highest BCUT2D eigenvalue weighted by Crippen LogP contribution is 2.28. The molecule has 2 aromatic heterocycles. The SMILES string of the molecule is COc1ccc(N2CCN(C(=O)c3coc(CSc4nc5c(C)cccc5o4)n3)CC2)cc1. The van der Waals surface area contributed by atoms with Gasteiger partial charge in [-0.05, 0) is 42.8 Å². The minimum Gasteiger partial charge on any atom is -0.497 e. The predicted octanol–water partition coefficient (Wildman–Crippen LogP) is 4.39. The number of hydrogen-bond acceptors (Lipinski definition) is 8. The fourth-order valence-corrected chi connectivity index (χ4v) is 4.53. The second kappa shape index (κ2) is 9.19. The zero-order chi connectivity index (χ0) is 22.8. The number of hydrogen-bond donors (Lipinski definition) is 0. The maximum Gasteiger partial charge on any atom is 0.275 e. The Morgan fingerprint density at radius 1 is 1.09 bits per heavy atom. The van der Waals surface area contributed by atoms with Gasteiger partial charge in [-0.1, -0.05) is 23.9 Å². The number of nitrogens with zero attached hydrogens (tertiary/aromatic N) is 4. The molecule has 0 saturated carbocycles. The smallest absolute Gasteiger partial charge is 0.275 e. The molecule has 170 valence electrons. The topological polar surface area (TPSA) is 84.8 Å². The Hall–Kier alpha value is -3.46. The van der Waals surface area contributed by atoms with Crippen molar-refractivity contribution in [3.8, 4) is 5.75 Å². The maximum absolute atomic E-state index is 12.9. The number of methoxy groups -OCH3 is 1. The number of thioether (sulfide) groups is 1. The van der Waals surface area contributed by atoms with Gasteiger partial charge in [-0.2, -0.15) is 0 Å². The lowest BCUT2D eigenvalue weighted by atomic mass is 10.2. The van der Waals surface area contributed by atoms with Gasteiger partial charge in [0.25, 0.3) is 11.1 Å². The summed E-state index contributed by atoms with van der Waals surface area (Å²) >= 11 is 1.39. The molecule has 0 atom stereocenters. The minimum atomic E-state index is -0.109. The van der Waals surface area contributed by atoms with Crippen molar-refractivity contribution in [1.82, 2.24) is 14.9 Å². The molecule has 0 aliphatic carbocycles. The number of piperazine rings is 1. The van der Waals surface area contributed by atoms with Gasteiger partial charge in [0.2, 0.25) is 5.89 Å². The van der Waals surface area contributed by atoms with Crippen molar-refractivity contribution in [1.29, 1.82) is 0 Å². The fraction of sp³-hybridized carbons (Fsp3) is 0.292. The summed E-state index contributed by atoms with van der Waals surface area (Å²) in [6, 6.07) is 13.8. The number of anilines is 1. The van der Waals surface area contributed by atoms with E-state index < -0.39 is 0 Å². The second-order valence-electron chi connectivity index (χ2n) is 7.79. The van der Waals surface area contributed by atoms with Crippen LogP contribution in [0.5, 0.6) is 5.75 Å². The number of aryl methyl sites for hydroxylation is 1. The van der Waals surface area contributed by atoms with Gasteiger partial charge in [0.15, 0.2) is 11.3 Å². The number of fused-ring (bicyclic) bond motifs is 1. The first-order valence-electron chi connectivity index (χ1n) is 10.7. The van der Waals surface area contributed by atoms with Crippen molar-refractivity contribution in [3.63, 3.8) is 0 Å². The number of rotatable bonds is 6. The van der Waals surface area contributed by atoms with Gasteiger partial charge in [0, 0.05) is 31.9 Å². The Labute approximate surface area is 195 Å². The molecule has 0 N–H and O–H groups in total. The lowest BCUT2D eigenvalue weighted by Crippen LogP contribution is -2.48. The molecule has 4 aromatic rings. The molecule has 5 rings (SSSR count).